The van der Waals surface area contributed by atoms with Crippen LogP contribution in [0.25, 0.3) is 0 Å². The van der Waals surface area contributed by atoms with Crippen LogP contribution in [-0.2, 0) is 9.59 Å². The number of carbonyl (C=O) groups is 2. The van der Waals surface area contributed by atoms with Crippen LogP contribution in [0.2, 0.25) is 5.02 Å². The first-order valence-corrected chi connectivity index (χ1v) is 14.8. The van der Waals surface area contributed by atoms with Gasteiger partial charge in [-0.05, 0) is 42.5 Å². The van der Waals surface area contributed by atoms with Gasteiger partial charge in [0.1, 0.15) is 5.82 Å². The number of halogens is 1. The van der Waals surface area contributed by atoms with E-state index in [9.17, 15) is 14.9 Å². The third-order valence-corrected chi connectivity index (χ3v) is 9.09. The number of amides is 1. The van der Waals surface area contributed by atoms with Gasteiger partial charge in [-0.1, -0.05) is 84.4 Å². The van der Waals surface area contributed by atoms with Crippen molar-refractivity contribution in [2.75, 3.05) is 16.0 Å². The normalized spacial score (nSPS) is 18.4. The van der Waals surface area contributed by atoms with Crippen molar-refractivity contribution >= 4 is 57.2 Å². The number of aromatic nitrogens is 2. The van der Waals surface area contributed by atoms with Gasteiger partial charge in [0.05, 0.1) is 23.3 Å². The first kappa shape index (κ1) is 27.9. The van der Waals surface area contributed by atoms with Crippen LogP contribution in [0.1, 0.15) is 43.7 Å². The minimum Gasteiger partial charge on any atom is -0.384 e. The van der Waals surface area contributed by atoms with E-state index >= 15 is 0 Å². The minimum atomic E-state index is -0.544. The van der Waals surface area contributed by atoms with Crippen LogP contribution < -0.4 is 16.0 Å². The summed E-state index contributed by atoms with van der Waals surface area (Å²) in [7, 11) is 0. The molecule has 1 aromatic heterocycles. The van der Waals surface area contributed by atoms with Gasteiger partial charge in [0.25, 0.3) is 0 Å². The van der Waals surface area contributed by atoms with Gasteiger partial charge in [0, 0.05) is 28.4 Å². The van der Waals surface area contributed by atoms with Crippen molar-refractivity contribution in [3.05, 3.63) is 87.3 Å². The van der Waals surface area contributed by atoms with Crippen LogP contribution in [0.3, 0.4) is 0 Å². The highest BCUT2D eigenvalue weighted by atomic mass is 35.5. The number of allylic oxidation sites excluding steroid dienone is 3. The first-order valence-electron chi connectivity index (χ1n) is 12.6. The fourth-order valence-electron chi connectivity index (χ4n) is 5.06. The van der Waals surface area contributed by atoms with Gasteiger partial charge in [-0.3, -0.25) is 14.5 Å². The Morgan fingerprint density at radius 2 is 2.00 bits per heavy atom. The van der Waals surface area contributed by atoms with Gasteiger partial charge in [-0.2, -0.15) is 5.26 Å². The highest BCUT2D eigenvalue weighted by Crippen LogP contribution is 2.50. The van der Waals surface area contributed by atoms with E-state index in [1.54, 1.807) is 29.2 Å². The molecular formula is C29H27ClN6O2S2. The average Bonchev–Trinajstić information content (AvgIpc) is 3.35. The zero-order chi connectivity index (χ0) is 28.6. The molecule has 0 bridgehead atoms. The first-order chi connectivity index (χ1) is 19.1. The number of ketones is 1. The van der Waals surface area contributed by atoms with E-state index in [2.05, 4.69) is 21.6 Å². The third-order valence-electron chi connectivity index (χ3n) is 6.81. The molecule has 0 radical (unpaired) electrons. The number of anilines is 2. The highest BCUT2D eigenvalue weighted by Gasteiger charge is 2.45. The molecule has 3 N–H and O–H groups in total. The number of aryl methyl sites for hydroxylation is 1. The van der Waals surface area contributed by atoms with Crippen LogP contribution in [-0.4, -0.2) is 27.6 Å². The Labute approximate surface area is 245 Å². The van der Waals surface area contributed by atoms with E-state index in [1.807, 2.05) is 45.0 Å². The highest BCUT2D eigenvalue weighted by molar-refractivity contribution is 8.01. The molecule has 1 aliphatic carbocycles. The van der Waals surface area contributed by atoms with Gasteiger partial charge in [0.2, 0.25) is 11.0 Å². The largest absolute Gasteiger partial charge is 0.384 e. The molecule has 1 atom stereocenters. The molecule has 2 aromatic carbocycles. The summed E-state index contributed by atoms with van der Waals surface area (Å²) < 4.78 is 0.562. The van der Waals surface area contributed by atoms with Crippen molar-refractivity contribution in [2.24, 2.45) is 11.1 Å². The maximum atomic E-state index is 13.6. The second-order valence-electron chi connectivity index (χ2n) is 10.6. The van der Waals surface area contributed by atoms with Gasteiger partial charge in [-0.25, -0.2) is 0 Å². The predicted octanol–water partition coefficient (Wildman–Crippen LogP) is 6.17. The molecule has 1 amide bonds. The summed E-state index contributed by atoms with van der Waals surface area (Å²) in [6, 6.07) is 17.1. The standard InChI is InChI=1S/C29H27ClN6O2S2/c1-16-7-9-17(10-8-16)24-20(14-31)26(32)36(21-12-29(2,3)13-22(37)25(21)24)27-34-35-28(40-27)39-15-23(38)33-19-6-4-5-18(30)11-19/h4-11,24H,12-13,15,32H2,1-3H3,(H,33,38). The zero-order valence-electron chi connectivity index (χ0n) is 22.2. The number of hydrogen-bond donors (Lipinski definition) is 2. The molecule has 8 nitrogen and oxygen atoms in total. The molecule has 1 unspecified atom stereocenters. The number of carbonyl (C=O) groups excluding carboxylic acids is 2. The number of rotatable bonds is 6. The molecule has 1 aliphatic heterocycles. The van der Waals surface area contributed by atoms with Crippen molar-refractivity contribution in [1.29, 1.82) is 5.26 Å². The van der Waals surface area contributed by atoms with Crippen molar-refractivity contribution < 1.29 is 9.59 Å². The topological polar surface area (TPSA) is 125 Å². The molecule has 0 saturated carbocycles. The van der Waals surface area contributed by atoms with Crippen LogP contribution in [0.15, 0.2) is 75.5 Å². The number of nitriles is 1. The summed E-state index contributed by atoms with van der Waals surface area (Å²) in [6.07, 6.45) is 0.958. The summed E-state index contributed by atoms with van der Waals surface area (Å²) in [6.45, 7) is 6.09. The number of thioether (sulfide) groups is 1. The molecule has 0 spiro atoms. The Kier molecular flexibility index (Phi) is 7.73. The second kappa shape index (κ2) is 11.1. The third kappa shape index (κ3) is 5.63. The van der Waals surface area contributed by atoms with Crippen LogP contribution >= 0.6 is 34.7 Å². The summed E-state index contributed by atoms with van der Waals surface area (Å²) in [5.41, 5.74) is 10.6. The number of benzene rings is 2. The molecule has 11 heteroatoms. The smallest absolute Gasteiger partial charge is 0.234 e. The Morgan fingerprint density at radius 3 is 2.70 bits per heavy atom. The lowest BCUT2D eigenvalue weighted by Gasteiger charge is -2.42. The fourth-order valence-corrected chi connectivity index (χ4v) is 6.93. The predicted molar refractivity (Wildman–Crippen MR) is 159 cm³/mol. The van der Waals surface area contributed by atoms with Crippen molar-refractivity contribution in [3.63, 3.8) is 0 Å². The number of nitrogens with zero attached hydrogens (tertiary/aromatic N) is 4. The van der Waals surface area contributed by atoms with E-state index < -0.39 is 5.92 Å². The summed E-state index contributed by atoms with van der Waals surface area (Å²) in [5, 5.41) is 22.7. The van der Waals surface area contributed by atoms with Gasteiger partial charge < -0.3 is 11.1 Å². The summed E-state index contributed by atoms with van der Waals surface area (Å²) >= 11 is 8.50. The van der Waals surface area contributed by atoms with E-state index in [1.165, 1.54) is 23.1 Å². The van der Waals surface area contributed by atoms with E-state index in [0.717, 1.165) is 16.8 Å². The molecule has 40 heavy (non-hydrogen) atoms. The number of nitrogens with two attached hydrogens (primary N) is 1. The quantitative estimate of drug-likeness (QED) is 0.326. The Morgan fingerprint density at radius 1 is 1.25 bits per heavy atom. The molecule has 5 rings (SSSR count). The van der Waals surface area contributed by atoms with Crippen LogP contribution in [0.4, 0.5) is 10.8 Å². The lowest BCUT2D eigenvalue weighted by atomic mass is 9.68. The summed E-state index contributed by atoms with van der Waals surface area (Å²) in [4.78, 5) is 27.8. The number of hydrogen-bond acceptors (Lipinski definition) is 9. The Balaban J connectivity index is 1.46. The number of Topliss-reactive ketones (excluding diaryl/α,β-unsaturated/α-hetero) is 1. The maximum Gasteiger partial charge on any atom is 0.234 e. The molecule has 0 saturated heterocycles. The SMILES string of the molecule is Cc1ccc(C2C(C#N)=C(N)N(c3nnc(SCC(=O)Nc4cccc(Cl)c4)s3)C3=C2C(=O)CC(C)(C)C3)cc1. The average molecular weight is 591 g/mol. The monoisotopic (exact) mass is 590 g/mol. The van der Waals surface area contributed by atoms with E-state index in [0.29, 0.717) is 44.2 Å². The van der Waals surface area contributed by atoms with Gasteiger partial charge >= 0.3 is 0 Å². The van der Waals surface area contributed by atoms with E-state index in [-0.39, 0.29) is 28.7 Å². The van der Waals surface area contributed by atoms with Crippen molar-refractivity contribution in [1.82, 2.24) is 10.2 Å². The van der Waals surface area contributed by atoms with Crippen LogP contribution in [0.5, 0.6) is 0 Å². The van der Waals surface area contributed by atoms with Crippen molar-refractivity contribution in [2.45, 2.75) is 43.9 Å². The zero-order valence-corrected chi connectivity index (χ0v) is 24.6. The van der Waals surface area contributed by atoms with Crippen LogP contribution in [0, 0.1) is 23.7 Å². The molecule has 3 aromatic rings. The molecule has 2 heterocycles. The molecule has 0 fully saturated rings. The molecular weight excluding hydrogens is 564 g/mol. The lowest BCUT2D eigenvalue weighted by molar-refractivity contribution is -0.118. The van der Waals surface area contributed by atoms with Gasteiger partial charge in [-0.15, -0.1) is 10.2 Å². The van der Waals surface area contributed by atoms with Crippen molar-refractivity contribution in [3.8, 4) is 6.07 Å². The lowest BCUT2D eigenvalue weighted by Crippen LogP contribution is -2.42. The van der Waals surface area contributed by atoms with Gasteiger partial charge in [0.15, 0.2) is 10.1 Å². The Bertz CT molecular complexity index is 1600. The summed E-state index contributed by atoms with van der Waals surface area (Å²) in [5.74, 6) is -0.399. The fraction of sp³-hybridized carbons (Fsp3) is 0.276. The molecule has 2 aliphatic rings. The molecule has 204 valence electrons. The minimum absolute atomic E-state index is 0.00104. The van der Waals surface area contributed by atoms with E-state index in [4.69, 9.17) is 17.3 Å². The maximum absolute atomic E-state index is 13.6. The second-order valence-corrected chi connectivity index (χ2v) is 13.2. The number of nitrogens with one attached hydrogen (secondary N) is 1. The Hall–Kier alpha value is -3.65.